The van der Waals surface area contributed by atoms with Crippen LogP contribution >= 0.6 is 11.3 Å². The van der Waals surface area contributed by atoms with Gasteiger partial charge in [0, 0.05) is 29.6 Å². The number of hydrogen-bond donors (Lipinski definition) is 2. The monoisotopic (exact) mass is 361 g/mol. The fraction of sp³-hybridized carbons (Fsp3) is 0.529. The molecule has 7 nitrogen and oxygen atoms in total. The van der Waals surface area contributed by atoms with Gasteiger partial charge in [0.05, 0.1) is 24.4 Å². The van der Waals surface area contributed by atoms with E-state index >= 15 is 0 Å². The van der Waals surface area contributed by atoms with Gasteiger partial charge in [-0.3, -0.25) is 14.3 Å². The second-order valence-corrected chi connectivity index (χ2v) is 7.51. The lowest BCUT2D eigenvalue weighted by Crippen LogP contribution is -2.32. The fourth-order valence-electron chi connectivity index (χ4n) is 2.96. The highest BCUT2D eigenvalue weighted by Gasteiger charge is 2.25. The molecule has 0 spiro atoms. The lowest BCUT2D eigenvalue weighted by Gasteiger charge is -2.23. The third kappa shape index (κ3) is 4.07. The van der Waals surface area contributed by atoms with E-state index in [1.807, 2.05) is 37.2 Å². The molecule has 2 N–H and O–H groups in total. The average molecular weight is 361 g/mol. The Morgan fingerprint density at radius 3 is 3.00 bits per heavy atom. The van der Waals surface area contributed by atoms with Crippen LogP contribution in [0.25, 0.3) is 0 Å². The first-order valence-corrected chi connectivity index (χ1v) is 9.37. The molecule has 1 atom stereocenters. The number of anilines is 1. The Morgan fingerprint density at radius 1 is 1.44 bits per heavy atom. The molecule has 8 heteroatoms. The molecule has 3 rings (SSSR count). The molecule has 2 aromatic rings. The highest BCUT2D eigenvalue weighted by Crippen LogP contribution is 2.29. The number of carbonyl (C=O) groups is 2. The summed E-state index contributed by atoms with van der Waals surface area (Å²) in [5, 5.41) is 12.5. The van der Waals surface area contributed by atoms with Gasteiger partial charge in [-0.1, -0.05) is 13.8 Å². The van der Waals surface area contributed by atoms with Crippen molar-refractivity contribution < 1.29 is 9.59 Å². The van der Waals surface area contributed by atoms with Crippen molar-refractivity contribution in [2.24, 2.45) is 13.0 Å². The van der Waals surface area contributed by atoms with E-state index in [-0.39, 0.29) is 30.2 Å². The van der Waals surface area contributed by atoms with Gasteiger partial charge in [-0.05, 0) is 19.3 Å². The zero-order valence-corrected chi connectivity index (χ0v) is 15.5. The van der Waals surface area contributed by atoms with E-state index in [0.29, 0.717) is 10.8 Å². The quantitative estimate of drug-likeness (QED) is 0.854. The Balaban J connectivity index is 1.59. The highest BCUT2D eigenvalue weighted by atomic mass is 32.1. The molecule has 0 saturated heterocycles. The molecule has 0 aliphatic heterocycles. The molecule has 2 heterocycles. The fourth-order valence-corrected chi connectivity index (χ4v) is 3.67. The smallest absolute Gasteiger partial charge is 0.228 e. The zero-order valence-electron chi connectivity index (χ0n) is 14.7. The van der Waals surface area contributed by atoms with Crippen LogP contribution in [0.15, 0.2) is 11.6 Å². The van der Waals surface area contributed by atoms with E-state index in [2.05, 4.69) is 20.7 Å². The Labute approximate surface area is 150 Å². The maximum Gasteiger partial charge on any atom is 0.228 e. The molecular weight excluding hydrogens is 338 g/mol. The summed E-state index contributed by atoms with van der Waals surface area (Å²) in [6, 6.07) is 0.0173. The van der Waals surface area contributed by atoms with Gasteiger partial charge >= 0.3 is 0 Å². The van der Waals surface area contributed by atoms with Gasteiger partial charge in [0.2, 0.25) is 11.8 Å². The van der Waals surface area contributed by atoms with Gasteiger partial charge < -0.3 is 10.6 Å². The van der Waals surface area contributed by atoms with Crippen LogP contribution < -0.4 is 10.6 Å². The van der Waals surface area contributed by atoms with Crippen molar-refractivity contribution >= 4 is 28.3 Å². The average Bonchev–Trinajstić information content (AvgIpc) is 3.15. The summed E-state index contributed by atoms with van der Waals surface area (Å²) in [6.07, 6.45) is 5.03. The lowest BCUT2D eigenvalue weighted by molar-refractivity contribution is -0.121. The summed E-state index contributed by atoms with van der Waals surface area (Å²) >= 11 is 1.34. The third-order valence-electron chi connectivity index (χ3n) is 4.36. The van der Waals surface area contributed by atoms with Crippen molar-refractivity contribution in [1.82, 2.24) is 20.1 Å². The number of rotatable bonds is 5. The van der Waals surface area contributed by atoms with E-state index in [9.17, 15) is 9.59 Å². The number of nitrogens with one attached hydrogen (secondary N) is 2. The number of nitrogens with zero attached hydrogens (tertiary/aromatic N) is 3. The summed E-state index contributed by atoms with van der Waals surface area (Å²) < 4.78 is 1.89. The molecule has 2 amide bonds. The van der Waals surface area contributed by atoms with Crippen LogP contribution in [0.2, 0.25) is 0 Å². The van der Waals surface area contributed by atoms with Crippen molar-refractivity contribution in [2.45, 2.75) is 45.6 Å². The third-order valence-corrected chi connectivity index (χ3v) is 5.17. The van der Waals surface area contributed by atoms with Gasteiger partial charge in [0.15, 0.2) is 5.13 Å². The first kappa shape index (κ1) is 17.6. The molecule has 0 aromatic carbocycles. The lowest BCUT2D eigenvalue weighted by atomic mass is 9.93. The van der Waals surface area contributed by atoms with Crippen LogP contribution in [0.1, 0.15) is 49.7 Å². The summed E-state index contributed by atoms with van der Waals surface area (Å²) in [7, 11) is 1.94. The molecule has 0 radical (unpaired) electrons. The predicted molar refractivity (Wildman–Crippen MR) is 96.3 cm³/mol. The molecule has 1 aliphatic rings. The van der Waals surface area contributed by atoms with Crippen molar-refractivity contribution in [3.05, 3.63) is 28.5 Å². The summed E-state index contributed by atoms with van der Waals surface area (Å²) in [6.45, 7) is 3.66. The standard InChI is InChI=1S/C17H23N5O2S/c1-10(2)16(24)21-17-19-11(9-25-17)7-15(23)20-13-5-4-6-14-12(13)8-18-22(14)3/h8-10,13H,4-7H2,1-3H3,(H,20,23)(H,19,21,24)/t13-/m0/s1. The number of amides is 2. The van der Waals surface area contributed by atoms with Crippen molar-refractivity contribution in [3.63, 3.8) is 0 Å². The normalized spacial score (nSPS) is 16.6. The molecule has 0 unspecified atom stereocenters. The van der Waals surface area contributed by atoms with E-state index in [4.69, 9.17) is 0 Å². The maximum atomic E-state index is 12.4. The van der Waals surface area contributed by atoms with E-state index in [1.165, 1.54) is 17.0 Å². The van der Waals surface area contributed by atoms with Crippen LogP contribution in [0.4, 0.5) is 5.13 Å². The van der Waals surface area contributed by atoms with Crippen LogP contribution in [0, 0.1) is 5.92 Å². The van der Waals surface area contributed by atoms with Crippen LogP contribution in [0.5, 0.6) is 0 Å². The second kappa shape index (κ2) is 7.35. The Morgan fingerprint density at radius 2 is 2.24 bits per heavy atom. The molecule has 0 fully saturated rings. The highest BCUT2D eigenvalue weighted by molar-refractivity contribution is 7.13. The first-order chi connectivity index (χ1) is 11.9. The summed E-state index contributed by atoms with van der Waals surface area (Å²) in [5.74, 6) is -0.235. The molecule has 25 heavy (non-hydrogen) atoms. The number of fused-ring (bicyclic) bond motifs is 1. The Kier molecular flexibility index (Phi) is 5.17. The van der Waals surface area contributed by atoms with E-state index < -0.39 is 0 Å². The number of thiazole rings is 1. The number of aromatic nitrogens is 3. The SMILES string of the molecule is CC(C)C(=O)Nc1nc(CC(=O)N[C@H]2CCCc3c2cnn3C)cs1. The van der Waals surface area contributed by atoms with Gasteiger partial charge in [-0.2, -0.15) is 5.10 Å². The van der Waals surface area contributed by atoms with Crippen molar-refractivity contribution in [3.8, 4) is 0 Å². The molecule has 1 aliphatic carbocycles. The largest absolute Gasteiger partial charge is 0.349 e. The Bertz CT molecular complexity index is 780. The maximum absolute atomic E-state index is 12.4. The van der Waals surface area contributed by atoms with Crippen LogP contribution in [-0.2, 0) is 29.5 Å². The minimum absolute atomic E-state index is 0.0173. The van der Waals surface area contributed by atoms with Crippen molar-refractivity contribution in [2.75, 3.05) is 5.32 Å². The zero-order chi connectivity index (χ0) is 18.0. The van der Waals surface area contributed by atoms with Crippen LogP contribution in [0.3, 0.4) is 0 Å². The van der Waals surface area contributed by atoms with Gasteiger partial charge in [-0.25, -0.2) is 4.98 Å². The Hall–Kier alpha value is -2.22. The van der Waals surface area contributed by atoms with E-state index in [0.717, 1.165) is 24.8 Å². The number of carbonyl (C=O) groups excluding carboxylic acids is 2. The second-order valence-electron chi connectivity index (χ2n) is 6.65. The topological polar surface area (TPSA) is 88.9 Å². The number of aryl methyl sites for hydroxylation is 1. The summed E-state index contributed by atoms with van der Waals surface area (Å²) in [4.78, 5) is 28.4. The predicted octanol–water partition coefficient (Wildman–Crippen LogP) is 2.21. The van der Waals surface area contributed by atoms with E-state index in [1.54, 1.807) is 0 Å². The first-order valence-electron chi connectivity index (χ1n) is 8.49. The van der Waals surface area contributed by atoms with Gasteiger partial charge in [0.1, 0.15) is 0 Å². The van der Waals surface area contributed by atoms with Gasteiger partial charge in [-0.15, -0.1) is 11.3 Å². The van der Waals surface area contributed by atoms with Gasteiger partial charge in [0.25, 0.3) is 0 Å². The van der Waals surface area contributed by atoms with Crippen molar-refractivity contribution in [1.29, 1.82) is 0 Å². The molecule has 134 valence electrons. The minimum Gasteiger partial charge on any atom is -0.349 e. The molecular formula is C17H23N5O2S. The summed E-state index contributed by atoms with van der Waals surface area (Å²) in [5.41, 5.74) is 2.98. The number of hydrogen-bond acceptors (Lipinski definition) is 5. The minimum atomic E-state index is -0.101. The molecule has 0 bridgehead atoms. The molecule has 0 saturated carbocycles. The molecule has 2 aromatic heterocycles. The van der Waals surface area contributed by atoms with Crippen LogP contribution in [-0.4, -0.2) is 26.6 Å².